The average molecular weight is 488 g/mol. The molecule has 0 bridgehead atoms. The van der Waals surface area contributed by atoms with Crippen molar-refractivity contribution in [3.63, 3.8) is 0 Å². The summed E-state index contributed by atoms with van der Waals surface area (Å²) in [4.78, 5) is 38.3. The summed E-state index contributed by atoms with van der Waals surface area (Å²) in [5.41, 5.74) is 1.26. The Hall–Kier alpha value is -3.52. The molecular weight excluding hydrogens is 458 g/mol. The van der Waals surface area contributed by atoms with E-state index in [0.717, 1.165) is 11.3 Å². The van der Waals surface area contributed by atoms with Crippen molar-refractivity contribution in [3.05, 3.63) is 59.1 Å². The number of carbonyl (C=O) groups excluding carboxylic acids is 3. The minimum absolute atomic E-state index is 0.125. The van der Waals surface area contributed by atoms with E-state index >= 15 is 0 Å². The molecule has 0 spiro atoms. The minimum Gasteiger partial charge on any atom is -0.497 e. The summed E-state index contributed by atoms with van der Waals surface area (Å²) in [7, 11) is 1.58. The van der Waals surface area contributed by atoms with Crippen LogP contribution in [0.3, 0.4) is 0 Å². The van der Waals surface area contributed by atoms with Gasteiger partial charge in [-0.25, -0.2) is 0 Å². The Kier molecular flexibility index (Phi) is 10.4. The van der Waals surface area contributed by atoms with Crippen molar-refractivity contribution < 1.29 is 23.9 Å². The summed E-state index contributed by atoms with van der Waals surface area (Å²) in [6.45, 7) is 6.44. The predicted octanol–water partition coefficient (Wildman–Crippen LogP) is 3.75. The largest absolute Gasteiger partial charge is 0.497 e. The van der Waals surface area contributed by atoms with Gasteiger partial charge >= 0.3 is 0 Å². The van der Waals surface area contributed by atoms with Gasteiger partial charge in [0.25, 0.3) is 5.91 Å². The molecule has 0 radical (unpaired) electrons. The second-order valence-corrected chi connectivity index (χ2v) is 7.73. The summed E-state index contributed by atoms with van der Waals surface area (Å²) in [5, 5.41) is 5.56. The second kappa shape index (κ2) is 13.3. The number of likely N-dealkylation sites (N-methyl/N-ethyl adjacent to an activating group) is 1. The van der Waals surface area contributed by atoms with Gasteiger partial charge in [-0.15, -0.1) is 0 Å². The Morgan fingerprint density at radius 3 is 2.35 bits per heavy atom. The van der Waals surface area contributed by atoms with Gasteiger partial charge in [-0.05, 0) is 62.7 Å². The van der Waals surface area contributed by atoms with E-state index in [4.69, 9.17) is 21.1 Å². The van der Waals surface area contributed by atoms with Crippen LogP contribution >= 0.6 is 11.6 Å². The molecule has 2 N–H and O–H groups in total. The van der Waals surface area contributed by atoms with Crippen molar-refractivity contribution >= 4 is 41.1 Å². The first-order valence-electron chi connectivity index (χ1n) is 10.9. The third-order valence-electron chi connectivity index (χ3n) is 4.96. The van der Waals surface area contributed by atoms with Gasteiger partial charge in [-0.3, -0.25) is 14.4 Å². The third kappa shape index (κ3) is 8.12. The standard InChI is InChI=1S/C25H30ClN3O5/c1-5-29(6-2)24(31)16-34-22-13-10-19(15-21(22)26)28-25(32)17(3)27-23(30)14-9-18-7-11-20(33-4)12-8-18/h7-15,17H,5-6,16H2,1-4H3,(H,27,30)(H,28,32). The molecular formula is C25H30ClN3O5. The summed E-state index contributed by atoms with van der Waals surface area (Å²) < 4.78 is 10.6. The van der Waals surface area contributed by atoms with Gasteiger partial charge in [0.05, 0.1) is 12.1 Å². The number of rotatable bonds is 11. The molecule has 0 saturated heterocycles. The fourth-order valence-electron chi connectivity index (χ4n) is 2.97. The van der Waals surface area contributed by atoms with Crippen molar-refractivity contribution in [1.82, 2.24) is 10.2 Å². The molecule has 182 valence electrons. The molecule has 2 aromatic rings. The summed E-state index contributed by atoms with van der Waals surface area (Å²) in [6, 6.07) is 11.1. The lowest BCUT2D eigenvalue weighted by Crippen LogP contribution is -2.40. The first kappa shape index (κ1) is 26.7. The molecule has 8 nitrogen and oxygen atoms in total. The van der Waals surface area contributed by atoms with Crippen LogP contribution in [-0.4, -0.2) is 55.5 Å². The van der Waals surface area contributed by atoms with Crippen LogP contribution in [-0.2, 0) is 14.4 Å². The van der Waals surface area contributed by atoms with Gasteiger partial charge in [0.15, 0.2) is 6.61 Å². The van der Waals surface area contributed by atoms with Crippen LogP contribution in [0.25, 0.3) is 6.08 Å². The highest BCUT2D eigenvalue weighted by Gasteiger charge is 2.16. The lowest BCUT2D eigenvalue weighted by atomic mass is 10.2. The van der Waals surface area contributed by atoms with Gasteiger partial charge in [-0.2, -0.15) is 0 Å². The number of nitrogens with zero attached hydrogens (tertiary/aromatic N) is 1. The number of ether oxygens (including phenoxy) is 2. The fourth-order valence-corrected chi connectivity index (χ4v) is 3.20. The topological polar surface area (TPSA) is 97.0 Å². The highest BCUT2D eigenvalue weighted by atomic mass is 35.5. The molecule has 1 atom stereocenters. The summed E-state index contributed by atoms with van der Waals surface area (Å²) in [6.07, 6.45) is 3.00. The van der Waals surface area contributed by atoms with E-state index in [0.29, 0.717) is 24.5 Å². The summed E-state index contributed by atoms with van der Waals surface area (Å²) in [5.74, 6) is 0.111. The highest BCUT2D eigenvalue weighted by molar-refractivity contribution is 6.32. The van der Waals surface area contributed by atoms with E-state index in [2.05, 4.69) is 10.6 Å². The van der Waals surface area contributed by atoms with Gasteiger partial charge < -0.3 is 25.0 Å². The van der Waals surface area contributed by atoms with Crippen molar-refractivity contribution in [1.29, 1.82) is 0 Å². The molecule has 0 aliphatic heterocycles. The highest BCUT2D eigenvalue weighted by Crippen LogP contribution is 2.27. The molecule has 0 saturated carbocycles. The van der Waals surface area contributed by atoms with Crippen LogP contribution in [0.2, 0.25) is 5.02 Å². The maximum atomic E-state index is 12.5. The lowest BCUT2D eigenvalue weighted by Gasteiger charge is -2.19. The van der Waals surface area contributed by atoms with Gasteiger partial charge in [0.1, 0.15) is 17.5 Å². The Balaban J connectivity index is 1.87. The normalized spacial score (nSPS) is 11.6. The molecule has 2 rings (SSSR count). The molecule has 1 unspecified atom stereocenters. The Bertz CT molecular complexity index is 1020. The molecule has 2 aromatic carbocycles. The first-order valence-corrected chi connectivity index (χ1v) is 11.3. The van der Waals surface area contributed by atoms with Crippen LogP contribution in [0.15, 0.2) is 48.5 Å². The van der Waals surface area contributed by atoms with E-state index in [1.54, 1.807) is 49.3 Å². The van der Waals surface area contributed by atoms with E-state index in [1.165, 1.54) is 12.1 Å². The SMILES string of the molecule is CCN(CC)C(=O)COc1ccc(NC(=O)C(C)NC(=O)C=Cc2ccc(OC)cc2)cc1Cl. The molecule has 34 heavy (non-hydrogen) atoms. The second-order valence-electron chi connectivity index (χ2n) is 7.33. The zero-order valence-electron chi connectivity index (χ0n) is 19.8. The number of halogens is 1. The summed E-state index contributed by atoms with van der Waals surface area (Å²) >= 11 is 6.24. The van der Waals surface area contributed by atoms with Crippen molar-refractivity contribution in [2.75, 3.05) is 32.1 Å². The number of nitrogens with one attached hydrogen (secondary N) is 2. The number of hydrogen-bond donors (Lipinski definition) is 2. The zero-order valence-corrected chi connectivity index (χ0v) is 20.5. The smallest absolute Gasteiger partial charge is 0.260 e. The van der Waals surface area contributed by atoms with E-state index in [1.807, 2.05) is 26.0 Å². The molecule has 0 heterocycles. The zero-order chi connectivity index (χ0) is 25.1. The lowest BCUT2D eigenvalue weighted by molar-refractivity contribution is -0.133. The van der Waals surface area contributed by atoms with E-state index < -0.39 is 17.9 Å². The molecule has 9 heteroatoms. The van der Waals surface area contributed by atoms with Crippen LogP contribution in [0.5, 0.6) is 11.5 Å². The first-order chi connectivity index (χ1) is 16.3. The average Bonchev–Trinajstić information content (AvgIpc) is 2.83. The van der Waals surface area contributed by atoms with Crippen molar-refractivity contribution in [2.24, 2.45) is 0 Å². The van der Waals surface area contributed by atoms with Gasteiger partial charge in [-0.1, -0.05) is 23.7 Å². The van der Waals surface area contributed by atoms with Crippen LogP contribution in [0, 0.1) is 0 Å². The molecule has 0 aromatic heterocycles. The van der Waals surface area contributed by atoms with Crippen LogP contribution < -0.4 is 20.1 Å². The van der Waals surface area contributed by atoms with Gasteiger partial charge in [0, 0.05) is 24.9 Å². The Labute approximate surface area is 204 Å². The van der Waals surface area contributed by atoms with Crippen LogP contribution in [0.1, 0.15) is 26.3 Å². The number of methoxy groups -OCH3 is 1. The number of hydrogen-bond acceptors (Lipinski definition) is 5. The number of anilines is 1. The predicted molar refractivity (Wildman–Crippen MR) is 133 cm³/mol. The third-order valence-corrected chi connectivity index (χ3v) is 5.26. The monoisotopic (exact) mass is 487 g/mol. The van der Waals surface area contributed by atoms with Gasteiger partial charge in [0.2, 0.25) is 11.8 Å². The van der Waals surface area contributed by atoms with Crippen molar-refractivity contribution in [3.8, 4) is 11.5 Å². The number of amides is 3. The maximum absolute atomic E-state index is 12.5. The number of carbonyl (C=O) groups is 3. The van der Waals surface area contributed by atoms with Crippen LogP contribution in [0.4, 0.5) is 5.69 Å². The van der Waals surface area contributed by atoms with Crippen molar-refractivity contribution in [2.45, 2.75) is 26.8 Å². The Morgan fingerprint density at radius 1 is 1.09 bits per heavy atom. The van der Waals surface area contributed by atoms with E-state index in [-0.39, 0.29) is 17.5 Å². The Morgan fingerprint density at radius 2 is 1.76 bits per heavy atom. The molecule has 3 amide bonds. The maximum Gasteiger partial charge on any atom is 0.260 e. The molecule has 0 aliphatic carbocycles. The van der Waals surface area contributed by atoms with E-state index in [9.17, 15) is 14.4 Å². The fraction of sp³-hybridized carbons (Fsp3) is 0.320. The number of benzene rings is 2. The minimum atomic E-state index is -0.783. The molecule has 0 aliphatic rings. The molecule has 0 fully saturated rings. The quantitative estimate of drug-likeness (QED) is 0.470.